The van der Waals surface area contributed by atoms with Crippen molar-refractivity contribution in [1.82, 2.24) is 10.2 Å². The summed E-state index contributed by atoms with van der Waals surface area (Å²) in [5.74, 6) is -2.34. The summed E-state index contributed by atoms with van der Waals surface area (Å²) in [5.41, 5.74) is 1.19. The molecule has 1 atom stereocenters. The monoisotopic (exact) mass is 322 g/mol. The molecular weight excluding hydrogens is 302 g/mol. The summed E-state index contributed by atoms with van der Waals surface area (Å²) < 4.78 is 24.4. The van der Waals surface area contributed by atoms with Gasteiger partial charge in [0.25, 0.3) is 5.76 Å². The molecule has 1 aromatic carbocycles. The maximum absolute atomic E-state index is 12.2. The van der Waals surface area contributed by atoms with Gasteiger partial charge in [0.2, 0.25) is 0 Å². The van der Waals surface area contributed by atoms with Gasteiger partial charge in [-0.05, 0) is 44.1 Å². The van der Waals surface area contributed by atoms with Gasteiger partial charge in [0.05, 0.1) is 0 Å². The van der Waals surface area contributed by atoms with Crippen molar-refractivity contribution in [2.45, 2.75) is 36.1 Å². The molecule has 2 nitrogen and oxygen atoms in total. The summed E-state index contributed by atoms with van der Waals surface area (Å²) in [4.78, 5) is 3.05. The Morgan fingerprint density at radius 2 is 2.05 bits per heavy atom. The topological polar surface area (TPSA) is 15.3 Å². The molecule has 0 aromatic heterocycles. The van der Waals surface area contributed by atoms with Crippen molar-refractivity contribution in [2.24, 2.45) is 0 Å². The Morgan fingerprint density at radius 1 is 1.35 bits per heavy atom. The average molecular weight is 323 g/mol. The van der Waals surface area contributed by atoms with Crippen molar-refractivity contribution in [2.75, 3.05) is 20.1 Å². The second kappa shape index (κ2) is 8.82. The highest BCUT2D eigenvalue weighted by Gasteiger charge is 2.18. The van der Waals surface area contributed by atoms with Crippen LogP contribution in [0.2, 0.25) is 0 Å². The van der Waals surface area contributed by atoms with Crippen molar-refractivity contribution in [3.8, 4) is 0 Å². The molecule has 0 aliphatic carbocycles. The van der Waals surface area contributed by atoms with Gasteiger partial charge in [-0.3, -0.25) is 4.90 Å². The molecule has 1 unspecified atom stereocenters. The number of benzene rings is 1. The van der Waals surface area contributed by atoms with Gasteiger partial charge >= 0.3 is 0 Å². The van der Waals surface area contributed by atoms with Gasteiger partial charge < -0.3 is 5.32 Å². The van der Waals surface area contributed by atoms with Crippen LogP contribution in [-0.4, -0.2) is 36.8 Å². The Bertz CT molecular complexity index is 389. The zero-order valence-electron chi connectivity index (χ0n) is 11.5. The number of hydrogen-bond acceptors (Lipinski definition) is 3. The number of nitrogens with zero attached hydrogens (tertiary/aromatic N) is 1. The number of likely N-dealkylation sites (N-methyl/N-ethyl adjacent to an activating group) is 1. The molecule has 2 rings (SSSR count). The molecule has 0 saturated carbocycles. The molecule has 114 valence electrons. The van der Waals surface area contributed by atoms with Crippen molar-refractivity contribution in [1.29, 1.82) is 0 Å². The highest BCUT2D eigenvalue weighted by Crippen LogP contribution is 2.25. The first kappa shape index (κ1) is 17.7. The summed E-state index contributed by atoms with van der Waals surface area (Å²) in [6, 6.07) is 8.04. The van der Waals surface area contributed by atoms with E-state index in [0.29, 0.717) is 22.7 Å². The summed E-state index contributed by atoms with van der Waals surface area (Å²) in [6.45, 7) is 3.08. The van der Waals surface area contributed by atoms with Crippen LogP contribution < -0.4 is 5.32 Å². The number of piperidine rings is 1. The highest BCUT2D eigenvalue weighted by molar-refractivity contribution is 7.99. The second-order valence-corrected chi connectivity index (χ2v) is 5.95. The Hall–Kier alpha value is -0.360. The molecular formula is C14H21ClF2N2S. The van der Waals surface area contributed by atoms with Gasteiger partial charge in [-0.15, -0.1) is 12.4 Å². The van der Waals surface area contributed by atoms with Crippen LogP contribution in [0.1, 0.15) is 18.4 Å². The molecule has 1 fully saturated rings. The summed E-state index contributed by atoms with van der Waals surface area (Å²) in [6.07, 6.45) is 2.45. The van der Waals surface area contributed by atoms with Crippen molar-refractivity contribution in [3.05, 3.63) is 29.8 Å². The average Bonchev–Trinajstić information content (AvgIpc) is 2.41. The van der Waals surface area contributed by atoms with E-state index in [-0.39, 0.29) is 12.4 Å². The molecule has 6 heteroatoms. The molecule has 1 N–H and O–H groups in total. The van der Waals surface area contributed by atoms with Gasteiger partial charge in [0.15, 0.2) is 0 Å². The number of rotatable bonds is 5. The zero-order chi connectivity index (χ0) is 13.7. The van der Waals surface area contributed by atoms with Gasteiger partial charge in [0, 0.05) is 24.0 Å². The standard InChI is InChI=1S/C14H20F2N2S.ClH/c1-17-12-3-2-8-18(10-12)9-11-4-6-13(7-5-11)19-14(15)16;/h4-7,12,14,17H,2-3,8-10H2,1H3;1H. The van der Waals surface area contributed by atoms with Crippen LogP contribution in [0.15, 0.2) is 29.2 Å². The summed E-state index contributed by atoms with van der Waals surface area (Å²) in [5, 5.41) is 3.32. The third-order valence-electron chi connectivity index (χ3n) is 3.47. The fourth-order valence-electron chi connectivity index (χ4n) is 2.47. The second-order valence-electron chi connectivity index (χ2n) is 4.89. The third-order valence-corrected chi connectivity index (χ3v) is 4.19. The number of nitrogens with one attached hydrogen (secondary N) is 1. The molecule has 0 amide bonds. The highest BCUT2D eigenvalue weighted by atomic mass is 35.5. The van der Waals surface area contributed by atoms with Crippen molar-refractivity contribution >= 4 is 24.2 Å². The predicted molar refractivity (Wildman–Crippen MR) is 82.9 cm³/mol. The lowest BCUT2D eigenvalue weighted by Gasteiger charge is -2.32. The molecule has 0 radical (unpaired) electrons. The Balaban J connectivity index is 0.00000200. The lowest BCUT2D eigenvalue weighted by molar-refractivity contribution is 0.188. The van der Waals surface area contributed by atoms with Crippen LogP contribution in [0.25, 0.3) is 0 Å². The van der Waals surface area contributed by atoms with E-state index in [4.69, 9.17) is 0 Å². The quantitative estimate of drug-likeness (QED) is 0.834. The SMILES string of the molecule is CNC1CCCN(Cc2ccc(SC(F)F)cc2)C1.Cl. The molecule has 20 heavy (non-hydrogen) atoms. The van der Waals surface area contributed by atoms with Crippen LogP contribution in [0.3, 0.4) is 0 Å². The van der Waals surface area contributed by atoms with E-state index in [1.165, 1.54) is 18.4 Å². The maximum Gasteiger partial charge on any atom is 0.288 e. The maximum atomic E-state index is 12.2. The van der Waals surface area contributed by atoms with Crippen LogP contribution in [0.5, 0.6) is 0 Å². The van der Waals surface area contributed by atoms with Crippen molar-refractivity contribution < 1.29 is 8.78 Å². The zero-order valence-corrected chi connectivity index (χ0v) is 13.2. The smallest absolute Gasteiger partial charge is 0.288 e. The summed E-state index contributed by atoms with van der Waals surface area (Å²) in [7, 11) is 2.00. The number of halogens is 3. The molecule has 1 heterocycles. The number of likely N-dealkylation sites (tertiary alicyclic amines) is 1. The van der Waals surface area contributed by atoms with Gasteiger partial charge in [-0.2, -0.15) is 8.78 Å². The third kappa shape index (κ3) is 5.56. The van der Waals surface area contributed by atoms with Crippen molar-refractivity contribution in [3.63, 3.8) is 0 Å². The van der Waals surface area contributed by atoms with Gasteiger partial charge in [-0.1, -0.05) is 23.9 Å². The van der Waals surface area contributed by atoms with E-state index in [1.54, 1.807) is 12.1 Å². The summed E-state index contributed by atoms with van der Waals surface area (Å²) >= 11 is 0.600. The fraction of sp³-hybridized carbons (Fsp3) is 0.571. The molecule has 1 aliphatic rings. The Morgan fingerprint density at radius 3 is 2.65 bits per heavy atom. The molecule has 1 aromatic rings. The van der Waals surface area contributed by atoms with E-state index >= 15 is 0 Å². The lowest BCUT2D eigenvalue weighted by atomic mass is 10.1. The first-order chi connectivity index (χ1) is 9.17. The van der Waals surface area contributed by atoms with Crippen LogP contribution in [-0.2, 0) is 6.54 Å². The van der Waals surface area contributed by atoms with Crippen LogP contribution in [0.4, 0.5) is 8.78 Å². The first-order valence-corrected chi connectivity index (χ1v) is 7.48. The Kier molecular flexibility index (Phi) is 7.80. The number of thioether (sulfide) groups is 1. The Labute approximate surface area is 129 Å². The minimum absolute atomic E-state index is 0. The molecule has 1 aliphatic heterocycles. The van der Waals surface area contributed by atoms with Crippen LogP contribution >= 0.6 is 24.2 Å². The van der Waals surface area contributed by atoms with E-state index in [0.717, 1.165) is 19.6 Å². The molecule has 0 bridgehead atoms. The van der Waals surface area contributed by atoms with E-state index in [1.807, 2.05) is 19.2 Å². The fourth-order valence-corrected chi connectivity index (χ4v) is 2.97. The molecule has 1 saturated heterocycles. The van der Waals surface area contributed by atoms with Gasteiger partial charge in [-0.25, -0.2) is 0 Å². The van der Waals surface area contributed by atoms with Gasteiger partial charge in [0.1, 0.15) is 0 Å². The van der Waals surface area contributed by atoms with E-state index < -0.39 is 5.76 Å². The first-order valence-electron chi connectivity index (χ1n) is 6.61. The molecule has 0 spiro atoms. The minimum atomic E-state index is -2.34. The predicted octanol–water partition coefficient (Wildman–Crippen LogP) is 3.61. The number of hydrogen-bond donors (Lipinski definition) is 1. The number of alkyl halides is 2. The normalized spacial score (nSPS) is 19.9. The minimum Gasteiger partial charge on any atom is -0.316 e. The lowest BCUT2D eigenvalue weighted by Crippen LogP contribution is -2.43. The van der Waals surface area contributed by atoms with E-state index in [9.17, 15) is 8.78 Å². The largest absolute Gasteiger partial charge is 0.316 e. The van der Waals surface area contributed by atoms with Crippen LogP contribution in [0, 0.1) is 0 Å². The van der Waals surface area contributed by atoms with E-state index in [2.05, 4.69) is 10.2 Å².